The third-order valence-corrected chi connectivity index (χ3v) is 3.49. The molecule has 110 valence electrons. The number of ether oxygens (including phenoxy) is 1. The van der Waals surface area contributed by atoms with E-state index in [1.54, 1.807) is 9.58 Å². The summed E-state index contributed by atoms with van der Waals surface area (Å²) < 4.78 is 7.24. The zero-order valence-electron chi connectivity index (χ0n) is 12.1. The number of anilines is 2. The molecule has 2 heterocycles. The Morgan fingerprint density at radius 2 is 2.14 bits per heavy atom. The molecule has 2 N–H and O–H groups in total. The minimum Gasteiger partial charge on any atom is -0.490 e. The number of rotatable bonds is 2. The molecular formula is C15H18N4O2. The molecule has 0 radical (unpaired) electrons. The highest BCUT2D eigenvalue weighted by atomic mass is 16.5. The van der Waals surface area contributed by atoms with Crippen LogP contribution < -0.4 is 15.4 Å². The summed E-state index contributed by atoms with van der Waals surface area (Å²) in [6, 6.07) is 7.57. The van der Waals surface area contributed by atoms with Crippen molar-refractivity contribution in [3.05, 3.63) is 36.2 Å². The molecule has 6 nitrogen and oxygen atoms in total. The molecule has 0 fully saturated rings. The van der Waals surface area contributed by atoms with Gasteiger partial charge in [0.1, 0.15) is 18.1 Å². The van der Waals surface area contributed by atoms with Gasteiger partial charge in [-0.05, 0) is 26.0 Å². The predicted molar refractivity (Wildman–Crippen MR) is 80.6 cm³/mol. The number of amides is 1. The normalized spacial score (nSPS) is 14.0. The molecule has 1 aromatic carbocycles. The second-order valence-electron chi connectivity index (χ2n) is 5.26. The van der Waals surface area contributed by atoms with Crippen molar-refractivity contribution >= 4 is 17.3 Å². The average Bonchev–Trinajstić information content (AvgIpc) is 2.88. The van der Waals surface area contributed by atoms with Crippen molar-refractivity contribution in [3.8, 4) is 5.75 Å². The van der Waals surface area contributed by atoms with E-state index in [1.807, 2.05) is 38.1 Å². The lowest BCUT2D eigenvalue weighted by Crippen LogP contribution is -2.39. The molecule has 1 aliphatic rings. The molecule has 1 aliphatic heterocycles. The first-order valence-corrected chi connectivity index (χ1v) is 6.96. The Morgan fingerprint density at radius 3 is 2.90 bits per heavy atom. The highest BCUT2D eigenvalue weighted by Crippen LogP contribution is 2.32. The van der Waals surface area contributed by atoms with E-state index in [0.717, 1.165) is 5.69 Å². The number of nitrogens with zero attached hydrogens (tertiary/aromatic N) is 3. The fourth-order valence-electron chi connectivity index (χ4n) is 2.50. The van der Waals surface area contributed by atoms with Crippen LogP contribution in [0.25, 0.3) is 0 Å². The van der Waals surface area contributed by atoms with Gasteiger partial charge in [-0.3, -0.25) is 9.48 Å². The van der Waals surface area contributed by atoms with Crippen molar-refractivity contribution in [2.75, 3.05) is 23.8 Å². The minimum atomic E-state index is -0.144. The zero-order valence-corrected chi connectivity index (χ0v) is 12.1. The Labute approximate surface area is 123 Å². The van der Waals surface area contributed by atoms with E-state index < -0.39 is 0 Å². The van der Waals surface area contributed by atoms with Crippen molar-refractivity contribution in [2.45, 2.75) is 19.9 Å². The van der Waals surface area contributed by atoms with Gasteiger partial charge in [-0.15, -0.1) is 0 Å². The Balaban J connectivity index is 2.03. The van der Waals surface area contributed by atoms with E-state index >= 15 is 0 Å². The largest absolute Gasteiger partial charge is 0.490 e. The maximum Gasteiger partial charge on any atom is 0.278 e. The fraction of sp³-hybridized carbons (Fsp3) is 0.333. The van der Waals surface area contributed by atoms with Crippen LogP contribution in [-0.2, 0) is 0 Å². The summed E-state index contributed by atoms with van der Waals surface area (Å²) in [5.74, 6) is 0.570. The number of nitrogen functional groups attached to an aromatic ring is 1. The third kappa shape index (κ3) is 2.22. The number of nitrogens with two attached hydrogens (primary N) is 1. The maximum absolute atomic E-state index is 12.9. The van der Waals surface area contributed by atoms with Crippen molar-refractivity contribution in [1.29, 1.82) is 0 Å². The van der Waals surface area contributed by atoms with Crippen LogP contribution in [0, 0.1) is 0 Å². The number of hydrogen-bond donors (Lipinski definition) is 1. The summed E-state index contributed by atoms with van der Waals surface area (Å²) in [5, 5.41) is 4.20. The number of benzene rings is 1. The lowest BCUT2D eigenvalue weighted by Gasteiger charge is -2.29. The van der Waals surface area contributed by atoms with E-state index in [1.165, 1.54) is 6.20 Å². The van der Waals surface area contributed by atoms with Gasteiger partial charge in [0.25, 0.3) is 5.91 Å². The SMILES string of the molecule is CC(C)n1ncc(N)c1C(=O)N1CCOc2ccccc21. The Hall–Kier alpha value is -2.50. The molecule has 0 aliphatic carbocycles. The standard InChI is InChI=1S/C15H18N4O2/c1-10(2)19-14(11(16)9-17-19)15(20)18-7-8-21-13-6-4-3-5-12(13)18/h3-6,9-10H,7-8,16H2,1-2H3. The summed E-state index contributed by atoms with van der Waals surface area (Å²) in [7, 11) is 0. The summed E-state index contributed by atoms with van der Waals surface area (Å²) in [6.45, 7) is 4.91. The molecule has 0 saturated heterocycles. The van der Waals surface area contributed by atoms with Gasteiger partial charge in [0.05, 0.1) is 24.1 Å². The van der Waals surface area contributed by atoms with Crippen LogP contribution in [0.4, 0.5) is 11.4 Å². The van der Waals surface area contributed by atoms with E-state index in [-0.39, 0.29) is 11.9 Å². The summed E-state index contributed by atoms with van der Waals surface area (Å²) in [4.78, 5) is 14.6. The monoisotopic (exact) mass is 286 g/mol. The highest BCUT2D eigenvalue weighted by molar-refractivity contribution is 6.09. The highest BCUT2D eigenvalue weighted by Gasteiger charge is 2.28. The van der Waals surface area contributed by atoms with Gasteiger partial charge in [-0.25, -0.2) is 0 Å². The van der Waals surface area contributed by atoms with Gasteiger partial charge in [0.15, 0.2) is 0 Å². The van der Waals surface area contributed by atoms with E-state index in [9.17, 15) is 4.79 Å². The Bertz CT molecular complexity index is 678. The topological polar surface area (TPSA) is 73.4 Å². The molecule has 1 amide bonds. The molecule has 0 bridgehead atoms. The Kier molecular flexibility index (Phi) is 3.29. The number of para-hydroxylation sites is 2. The number of fused-ring (bicyclic) bond motifs is 1. The lowest BCUT2D eigenvalue weighted by atomic mass is 10.2. The number of aromatic nitrogens is 2. The van der Waals surface area contributed by atoms with Crippen LogP contribution in [-0.4, -0.2) is 28.8 Å². The first-order valence-electron chi connectivity index (χ1n) is 6.96. The minimum absolute atomic E-state index is 0.0672. The first-order chi connectivity index (χ1) is 10.1. The van der Waals surface area contributed by atoms with Crippen LogP contribution >= 0.6 is 0 Å². The zero-order chi connectivity index (χ0) is 15.0. The molecule has 1 aromatic heterocycles. The summed E-state index contributed by atoms with van der Waals surface area (Å²) in [6.07, 6.45) is 1.53. The summed E-state index contributed by atoms with van der Waals surface area (Å²) in [5.41, 5.74) is 7.55. The smallest absolute Gasteiger partial charge is 0.278 e. The van der Waals surface area contributed by atoms with Crippen molar-refractivity contribution in [3.63, 3.8) is 0 Å². The second kappa shape index (κ2) is 5.12. The molecule has 6 heteroatoms. The van der Waals surface area contributed by atoms with Crippen molar-refractivity contribution in [2.24, 2.45) is 0 Å². The van der Waals surface area contributed by atoms with Crippen molar-refractivity contribution < 1.29 is 9.53 Å². The number of carbonyl (C=O) groups is 1. The van der Waals surface area contributed by atoms with Crippen LogP contribution in [0.5, 0.6) is 5.75 Å². The number of carbonyl (C=O) groups excluding carboxylic acids is 1. The van der Waals surface area contributed by atoms with Crippen molar-refractivity contribution in [1.82, 2.24) is 9.78 Å². The summed E-state index contributed by atoms with van der Waals surface area (Å²) >= 11 is 0. The maximum atomic E-state index is 12.9. The molecule has 21 heavy (non-hydrogen) atoms. The van der Waals surface area contributed by atoms with Gasteiger partial charge in [-0.2, -0.15) is 5.10 Å². The van der Waals surface area contributed by atoms with Crippen LogP contribution in [0.2, 0.25) is 0 Å². The number of hydrogen-bond acceptors (Lipinski definition) is 4. The van der Waals surface area contributed by atoms with Gasteiger partial charge in [0.2, 0.25) is 0 Å². The second-order valence-corrected chi connectivity index (χ2v) is 5.26. The van der Waals surface area contributed by atoms with Gasteiger partial charge in [-0.1, -0.05) is 12.1 Å². The van der Waals surface area contributed by atoms with E-state index in [2.05, 4.69) is 5.10 Å². The van der Waals surface area contributed by atoms with Crippen LogP contribution in [0.1, 0.15) is 30.4 Å². The van der Waals surface area contributed by atoms with Gasteiger partial charge < -0.3 is 15.4 Å². The van der Waals surface area contributed by atoms with Crippen LogP contribution in [0.15, 0.2) is 30.5 Å². The van der Waals surface area contributed by atoms with Gasteiger partial charge >= 0.3 is 0 Å². The van der Waals surface area contributed by atoms with Gasteiger partial charge in [0, 0.05) is 6.04 Å². The molecule has 0 spiro atoms. The van der Waals surface area contributed by atoms with E-state index in [4.69, 9.17) is 10.5 Å². The Morgan fingerprint density at radius 1 is 1.38 bits per heavy atom. The first kappa shape index (κ1) is 13.5. The van der Waals surface area contributed by atoms with E-state index in [0.29, 0.717) is 30.3 Å². The predicted octanol–water partition coefficient (Wildman–Crippen LogP) is 2.09. The molecule has 0 unspecified atom stereocenters. The quantitative estimate of drug-likeness (QED) is 0.917. The fourth-order valence-corrected chi connectivity index (χ4v) is 2.50. The molecule has 0 saturated carbocycles. The molecule has 2 aromatic rings. The molecule has 3 rings (SSSR count). The molecular weight excluding hydrogens is 268 g/mol. The lowest BCUT2D eigenvalue weighted by molar-refractivity contribution is 0.0965. The average molecular weight is 286 g/mol. The third-order valence-electron chi connectivity index (χ3n) is 3.49. The van der Waals surface area contributed by atoms with Crippen LogP contribution in [0.3, 0.4) is 0 Å². The molecule has 0 atom stereocenters.